The molecule has 0 spiro atoms. The summed E-state index contributed by atoms with van der Waals surface area (Å²) in [7, 11) is 1.97. The topological polar surface area (TPSA) is 42.2 Å². The molecule has 0 aliphatic rings. The van der Waals surface area contributed by atoms with Crippen LogP contribution in [-0.2, 0) is 12.8 Å². The summed E-state index contributed by atoms with van der Waals surface area (Å²) in [5.41, 5.74) is 2.53. The smallest absolute Gasteiger partial charge is 0.335 e. The number of hydrogen-bond acceptors (Lipinski definition) is 2. The van der Waals surface area contributed by atoms with Crippen molar-refractivity contribution in [2.75, 3.05) is 6.26 Å². The van der Waals surface area contributed by atoms with Gasteiger partial charge in [0.05, 0.1) is 5.56 Å². The second-order valence-electron chi connectivity index (χ2n) is 3.71. The summed E-state index contributed by atoms with van der Waals surface area (Å²) in [5, 5.41) is 10.0. The fourth-order valence-electron chi connectivity index (χ4n) is 1.81. The van der Waals surface area contributed by atoms with Crippen LogP contribution in [0.4, 0.5) is 0 Å². The van der Waals surface area contributed by atoms with E-state index in [1.54, 1.807) is 23.9 Å². The molecule has 1 aromatic heterocycles. The highest BCUT2D eigenvalue weighted by Gasteiger charge is 2.08. The van der Waals surface area contributed by atoms with E-state index in [-0.39, 0.29) is 0 Å². The number of carboxylic acid groups (broad SMARTS) is 1. The molecule has 0 fully saturated rings. The third kappa shape index (κ3) is 1.80. The fourth-order valence-corrected chi connectivity index (χ4v) is 2.38. The Balaban J connectivity index is 2.59. The Morgan fingerprint density at radius 1 is 1.44 bits per heavy atom. The minimum atomic E-state index is -0.880. The number of aromatic carboxylic acids is 1. The number of carboxylic acids is 1. The van der Waals surface area contributed by atoms with Gasteiger partial charge in [-0.2, -0.15) is 11.8 Å². The summed E-state index contributed by atoms with van der Waals surface area (Å²) < 4.78 is 2.05. The van der Waals surface area contributed by atoms with Gasteiger partial charge in [0.25, 0.3) is 0 Å². The van der Waals surface area contributed by atoms with E-state index >= 15 is 0 Å². The number of aryl methyl sites for hydroxylation is 1. The molecule has 16 heavy (non-hydrogen) atoms. The molecule has 1 aromatic carbocycles. The third-order valence-electron chi connectivity index (χ3n) is 2.68. The molecule has 0 aliphatic carbocycles. The largest absolute Gasteiger partial charge is 0.478 e. The van der Waals surface area contributed by atoms with Gasteiger partial charge < -0.3 is 9.67 Å². The molecule has 2 aromatic rings. The molecule has 0 saturated carbocycles. The number of fused-ring (bicyclic) bond motifs is 1. The molecule has 1 N–H and O–H groups in total. The molecule has 1 heterocycles. The van der Waals surface area contributed by atoms with E-state index in [4.69, 9.17) is 5.11 Å². The highest BCUT2D eigenvalue weighted by molar-refractivity contribution is 7.97. The van der Waals surface area contributed by atoms with Crippen molar-refractivity contribution in [3.63, 3.8) is 0 Å². The lowest BCUT2D eigenvalue weighted by Crippen LogP contribution is -1.97. The van der Waals surface area contributed by atoms with Crippen LogP contribution < -0.4 is 0 Å². The number of nitrogens with zero attached hydrogens (tertiary/aromatic N) is 1. The van der Waals surface area contributed by atoms with Crippen LogP contribution in [0, 0.1) is 0 Å². The first-order valence-corrected chi connectivity index (χ1v) is 6.33. The number of thioether (sulfide) groups is 1. The van der Waals surface area contributed by atoms with Crippen LogP contribution in [0.3, 0.4) is 0 Å². The molecule has 0 bridgehead atoms. The number of carbonyl (C=O) groups is 1. The molecule has 0 radical (unpaired) electrons. The molecule has 2 rings (SSSR count). The van der Waals surface area contributed by atoms with Crippen LogP contribution in [0.5, 0.6) is 0 Å². The summed E-state index contributed by atoms with van der Waals surface area (Å²) in [6.07, 6.45) is 2.06. The second-order valence-corrected chi connectivity index (χ2v) is 4.57. The van der Waals surface area contributed by atoms with E-state index in [1.807, 2.05) is 13.1 Å². The van der Waals surface area contributed by atoms with Crippen molar-refractivity contribution in [2.24, 2.45) is 7.05 Å². The Morgan fingerprint density at radius 2 is 2.19 bits per heavy atom. The molecule has 0 amide bonds. The van der Waals surface area contributed by atoms with Crippen molar-refractivity contribution in [3.8, 4) is 0 Å². The highest BCUT2D eigenvalue weighted by atomic mass is 32.2. The molecular weight excluding hydrogens is 222 g/mol. The number of benzene rings is 1. The van der Waals surface area contributed by atoms with Crippen LogP contribution in [0.15, 0.2) is 24.3 Å². The number of hydrogen-bond donors (Lipinski definition) is 1. The quantitative estimate of drug-likeness (QED) is 0.889. The zero-order chi connectivity index (χ0) is 11.7. The normalized spacial score (nSPS) is 10.9. The maximum Gasteiger partial charge on any atom is 0.335 e. The van der Waals surface area contributed by atoms with Gasteiger partial charge >= 0.3 is 5.97 Å². The van der Waals surface area contributed by atoms with Crippen molar-refractivity contribution in [1.82, 2.24) is 4.57 Å². The van der Waals surface area contributed by atoms with E-state index in [9.17, 15) is 4.79 Å². The first kappa shape index (κ1) is 11.1. The zero-order valence-electron chi connectivity index (χ0n) is 9.23. The van der Waals surface area contributed by atoms with Gasteiger partial charge in [-0.05, 0) is 29.8 Å². The first-order chi connectivity index (χ1) is 7.63. The number of aromatic nitrogens is 1. The Labute approximate surface area is 98.1 Å². The summed E-state index contributed by atoms with van der Waals surface area (Å²) >= 11 is 1.76. The lowest BCUT2D eigenvalue weighted by molar-refractivity contribution is 0.0697. The van der Waals surface area contributed by atoms with Crippen molar-refractivity contribution in [1.29, 1.82) is 0 Å². The highest BCUT2D eigenvalue weighted by Crippen LogP contribution is 2.22. The second kappa shape index (κ2) is 4.22. The van der Waals surface area contributed by atoms with Gasteiger partial charge in [-0.1, -0.05) is 6.07 Å². The van der Waals surface area contributed by atoms with Crippen molar-refractivity contribution >= 4 is 28.6 Å². The van der Waals surface area contributed by atoms with E-state index in [0.717, 1.165) is 16.7 Å². The van der Waals surface area contributed by atoms with Crippen LogP contribution in [-0.4, -0.2) is 21.9 Å². The predicted octanol–water partition coefficient (Wildman–Crippen LogP) is 2.74. The van der Waals surface area contributed by atoms with Gasteiger partial charge in [-0.3, -0.25) is 0 Å². The summed E-state index contributed by atoms with van der Waals surface area (Å²) in [5.74, 6) is 0.0580. The van der Waals surface area contributed by atoms with E-state index in [2.05, 4.69) is 16.9 Å². The molecular formula is C12H13NO2S. The van der Waals surface area contributed by atoms with E-state index in [1.165, 1.54) is 5.69 Å². The molecule has 0 atom stereocenters. The summed E-state index contributed by atoms with van der Waals surface area (Å²) in [6, 6.07) is 7.34. The Kier molecular flexibility index (Phi) is 2.92. The maximum atomic E-state index is 10.9. The van der Waals surface area contributed by atoms with E-state index in [0.29, 0.717) is 5.56 Å². The third-order valence-corrected chi connectivity index (χ3v) is 3.27. The molecule has 0 aliphatic heterocycles. The molecule has 0 saturated heterocycles. The fraction of sp³-hybridized carbons (Fsp3) is 0.250. The lowest BCUT2D eigenvalue weighted by Gasteiger charge is -2.02. The van der Waals surface area contributed by atoms with Gasteiger partial charge in [0.1, 0.15) is 0 Å². The summed E-state index contributed by atoms with van der Waals surface area (Å²) in [4.78, 5) is 10.9. The van der Waals surface area contributed by atoms with Crippen LogP contribution in [0.2, 0.25) is 0 Å². The van der Waals surface area contributed by atoms with Crippen LogP contribution in [0.1, 0.15) is 16.1 Å². The summed E-state index contributed by atoms with van der Waals surface area (Å²) in [6.45, 7) is 0. The minimum Gasteiger partial charge on any atom is -0.478 e. The lowest BCUT2D eigenvalue weighted by atomic mass is 10.1. The number of rotatable bonds is 3. The van der Waals surface area contributed by atoms with Gasteiger partial charge in [0, 0.05) is 24.0 Å². The van der Waals surface area contributed by atoms with Gasteiger partial charge in [0.2, 0.25) is 0 Å². The minimum absolute atomic E-state index is 0.337. The Bertz CT molecular complexity index is 545. The zero-order valence-corrected chi connectivity index (χ0v) is 10.0. The van der Waals surface area contributed by atoms with Crippen LogP contribution in [0.25, 0.3) is 10.9 Å². The van der Waals surface area contributed by atoms with Gasteiger partial charge in [-0.15, -0.1) is 0 Å². The van der Waals surface area contributed by atoms with Gasteiger partial charge in [-0.25, -0.2) is 4.79 Å². The Hall–Kier alpha value is -1.42. The van der Waals surface area contributed by atoms with Gasteiger partial charge in [0.15, 0.2) is 0 Å². The molecule has 4 heteroatoms. The average Bonchev–Trinajstić information content (AvgIpc) is 2.56. The monoisotopic (exact) mass is 235 g/mol. The predicted molar refractivity (Wildman–Crippen MR) is 67.1 cm³/mol. The van der Waals surface area contributed by atoms with Crippen molar-refractivity contribution < 1.29 is 9.90 Å². The van der Waals surface area contributed by atoms with Crippen molar-refractivity contribution in [2.45, 2.75) is 5.75 Å². The first-order valence-electron chi connectivity index (χ1n) is 4.94. The molecule has 3 nitrogen and oxygen atoms in total. The standard InChI is InChI=1S/C12H13NO2S/c1-13-10(7-16-2)5-8-3-4-9(12(14)15)6-11(8)13/h3-6H,7H2,1-2H3,(H,14,15). The molecule has 0 unspecified atom stereocenters. The maximum absolute atomic E-state index is 10.9. The Morgan fingerprint density at radius 3 is 2.81 bits per heavy atom. The van der Waals surface area contributed by atoms with Crippen LogP contribution >= 0.6 is 11.8 Å². The average molecular weight is 235 g/mol. The molecule has 84 valence electrons. The SMILES string of the molecule is CSCc1cc2ccc(C(=O)O)cc2n1C. The van der Waals surface area contributed by atoms with Crippen molar-refractivity contribution in [3.05, 3.63) is 35.5 Å². The van der Waals surface area contributed by atoms with E-state index < -0.39 is 5.97 Å².